The molecule has 0 radical (unpaired) electrons. The molecule has 1 aromatic carbocycles. The second-order valence-corrected chi connectivity index (χ2v) is 4.32. The van der Waals surface area contributed by atoms with Gasteiger partial charge in [-0.25, -0.2) is 8.78 Å². The molecule has 2 rings (SSSR count). The third kappa shape index (κ3) is 2.17. The van der Waals surface area contributed by atoms with Crippen LogP contribution in [0.1, 0.15) is 23.2 Å². The maximum absolute atomic E-state index is 13.4. The molecule has 0 unspecified atom stereocenters. The van der Waals surface area contributed by atoms with Crippen molar-refractivity contribution in [1.29, 1.82) is 0 Å². The van der Waals surface area contributed by atoms with E-state index in [2.05, 4.69) is 21.2 Å². The van der Waals surface area contributed by atoms with E-state index in [1.807, 2.05) is 0 Å². The lowest BCUT2D eigenvalue weighted by atomic mass is 10.2. The van der Waals surface area contributed by atoms with Crippen LogP contribution < -0.4 is 5.32 Å². The number of halogens is 3. The molecule has 15 heavy (non-hydrogen) atoms. The van der Waals surface area contributed by atoms with Crippen LogP contribution >= 0.6 is 15.9 Å². The van der Waals surface area contributed by atoms with Crippen molar-refractivity contribution in [2.24, 2.45) is 0 Å². The zero-order valence-corrected chi connectivity index (χ0v) is 9.27. The summed E-state index contributed by atoms with van der Waals surface area (Å²) >= 11 is 2.91. The lowest BCUT2D eigenvalue weighted by Crippen LogP contribution is -2.27. The fourth-order valence-corrected chi connectivity index (χ4v) is 1.55. The standard InChI is InChI=1S/C10H8BrF2NO/c11-6-3-4-7(12)8(9(6)13)10(15)14-5-1-2-5/h3-5H,1-2H2,(H,14,15). The van der Waals surface area contributed by atoms with Gasteiger partial charge in [0.25, 0.3) is 5.91 Å². The Morgan fingerprint density at radius 2 is 2.07 bits per heavy atom. The van der Waals surface area contributed by atoms with Crippen LogP contribution in [-0.4, -0.2) is 11.9 Å². The molecule has 0 saturated heterocycles. The van der Waals surface area contributed by atoms with Crippen LogP contribution in [0.5, 0.6) is 0 Å². The Labute approximate surface area is 93.8 Å². The van der Waals surface area contributed by atoms with E-state index in [0.29, 0.717) is 0 Å². The van der Waals surface area contributed by atoms with Crippen molar-refractivity contribution in [2.45, 2.75) is 18.9 Å². The number of rotatable bonds is 2. The maximum atomic E-state index is 13.4. The van der Waals surface area contributed by atoms with Crippen LogP contribution in [0.4, 0.5) is 8.78 Å². The minimum Gasteiger partial charge on any atom is -0.349 e. The summed E-state index contributed by atoms with van der Waals surface area (Å²) in [4.78, 5) is 11.5. The van der Waals surface area contributed by atoms with Crippen molar-refractivity contribution in [3.63, 3.8) is 0 Å². The van der Waals surface area contributed by atoms with Gasteiger partial charge in [-0.1, -0.05) is 0 Å². The topological polar surface area (TPSA) is 29.1 Å². The SMILES string of the molecule is O=C(NC1CC1)c1c(F)ccc(Br)c1F. The van der Waals surface area contributed by atoms with E-state index in [4.69, 9.17) is 0 Å². The van der Waals surface area contributed by atoms with Crippen molar-refractivity contribution in [3.05, 3.63) is 33.8 Å². The molecule has 5 heteroatoms. The highest BCUT2D eigenvalue weighted by Crippen LogP contribution is 2.24. The molecular weight excluding hydrogens is 268 g/mol. The maximum Gasteiger partial charge on any atom is 0.257 e. The van der Waals surface area contributed by atoms with E-state index in [-0.39, 0.29) is 10.5 Å². The fourth-order valence-electron chi connectivity index (χ4n) is 1.22. The molecule has 0 bridgehead atoms. The Morgan fingerprint density at radius 1 is 1.40 bits per heavy atom. The summed E-state index contributed by atoms with van der Waals surface area (Å²) in [6, 6.07) is 2.38. The highest BCUT2D eigenvalue weighted by molar-refractivity contribution is 9.10. The lowest BCUT2D eigenvalue weighted by Gasteiger charge is -2.06. The molecular formula is C10H8BrF2NO. The second kappa shape index (κ2) is 3.89. The number of nitrogens with one attached hydrogen (secondary N) is 1. The van der Waals surface area contributed by atoms with Crippen LogP contribution in [0.2, 0.25) is 0 Å². The lowest BCUT2D eigenvalue weighted by molar-refractivity contribution is 0.0942. The molecule has 0 atom stereocenters. The zero-order chi connectivity index (χ0) is 11.0. The van der Waals surface area contributed by atoms with Crippen LogP contribution in [0.25, 0.3) is 0 Å². The van der Waals surface area contributed by atoms with Crippen LogP contribution in [-0.2, 0) is 0 Å². The van der Waals surface area contributed by atoms with Gasteiger partial charge < -0.3 is 5.32 Å². The van der Waals surface area contributed by atoms with Gasteiger partial charge in [0.05, 0.1) is 4.47 Å². The van der Waals surface area contributed by atoms with E-state index >= 15 is 0 Å². The Hall–Kier alpha value is -0.970. The Bertz CT molecular complexity index is 418. The molecule has 0 aliphatic heterocycles. The van der Waals surface area contributed by atoms with Crippen LogP contribution in [0.3, 0.4) is 0 Å². The summed E-state index contributed by atoms with van der Waals surface area (Å²) in [5, 5.41) is 2.54. The normalized spacial score (nSPS) is 15.1. The monoisotopic (exact) mass is 275 g/mol. The van der Waals surface area contributed by atoms with E-state index in [1.54, 1.807) is 0 Å². The number of amides is 1. The number of benzene rings is 1. The molecule has 1 saturated carbocycles. The van der Waals surface area contributed by atoms with Crippen molar-refractivity contribution in [3.8, 4) is 0 Å². The summed E-state index contributed by atoms with van der Waals surface area (Å²) in [6.07, 6.45) is 1.76. The minimum absolute atomic E-state index is 0.0790. The van der Waals surface area contributed by atoms with E-state index in [0.717, 1.165) is 18.9 Å². The number of hydrogen-bond donors (Lipinski definition) is 1. The first-order valence-corrected chi connectivity index (χ1v) is 5.33. The zero-order valence-electron chi connectivity index (χ0n) is 7.69. The molecule has 0 spiro atoms. The first-order valence-electron chi connectivity index (χ1n) is 4.54. The summed E-state index contributed by atoms with van der Waals surface area (Å²) in [7, 11) is 0. The van der Waals surface area contributed by atoms with Crippen molar-refractivity contribution in [1.82, 2.24) is 5.32 Å². The van der Waals surface area contributed by atoms with Gasteiger partial charge in [-0.3, -0.25) is 4.79 Å². The molecule has 80 valence electrons. The molecule has 1 aromatic rings. The van der Waals surface area contributed by atoms with Gasteiger partial charge in [0, 0.05) is 6.04 Å². The summed E-state index contributed by atoms with van der Waals surface area (Å²) in [5.74, 6) is -2.38. The smallest absolute Gasteiger partial charge is 0.257 e. The van der Waals surface area contributed by atoms with Crippen LogP contribution in [0, 0.1) is 11.6 Å². The Morgan fingerprint density at radius 3 is 2.67 bits per heavy atom. The Balaban J connectivity index is 2.32. The first kappa shape index (κ1) is 10.5. The summed E-state index contributed by atoms with van der Waals surface area (Å²) < 4.78 is 26.8. The average molecular weight is 276 g/mol. The predicted molar refractivity (Wildman–Crippen MR) is 54.5 cm³/mol. The van der Waals surface area contributed by atoms with Gasteiger partial charge in [-0.15, -0.1) is 0 Å². The quantitative estimate of drug-likeness (QED) is 0.826. The molecule has 0 heterocycles. The first-order chi connectivity index (χ1) is 7.09. The van der Waals surface area contributed by atoms with Crippen LogP contribution in [0.15, 0.2) is 16.6 Å². The van der Waals surface area contributed by atoms with Gasteiger partial charge >= 0.3 is 0 Å². The Kier molecular flexibility index (Phi) is 2.73. The van der Waals surface area contributed by atoms with E-state index < -0.39 is 23.1 Å². The van der Waals surface area contributed by atoms with E-state index in [1.165, 1.54) is 6.07 Å². The number of carbonyl (C=O) groups excluding carboxylic acids is 1. The largest absolute Gasteiger partial charge is 0.349 e. The van der Waals surface area contributed by atoms with Gasteiger partial charge in [-0.2, -0.15) is 0 Å². The highest BCUT2D eigenvalue weighted by Gasteiger charge is 2.27. The van der Waals surface area contributed by atoms with Gasteiger partial charge in [0.1, 0.15) is 11.4 Å². The number of hydrogen-bond acceptors (Lipinski definition) is 1. The fraction of sp³-hybridized carbons (Fsp3) is 0.300. The van der Waals surface area contributed by atoms with Crippen molar-refractivity contribution >= 4 is 21.8 Å². The molecule has 2 nitrogen and oxygen atoms in total. The molecule has 1 fully saturated rings. The second-order valence-electron chi connectivity index (χ2n) is 3.47. The predicted octanol–water partition coefficient (Wildman–Crippen LogP) is 2.62. The molecule has 1 aliphatic carbocycles. The minimum atomic E-state index is -0.854. The van der Waals surface area contributed by atoms with Gasteiger partial charge in [0.15, 0.2) is 5.82 Å². The van der Waals surface area contributed by atoms with Crippen molar-refractivity contribution in [2.75, 3.05) is 0 Å². The van der Waals surface area contributed by atoms with Gasteiger partial charge in [0.2, 0.25) is 0 Å². The third-order valence-electron chi connectivity index (χ3n) is 2.18. The van der Waals surface area contributed by atoms with Crippen molar-refractivity contribution < 1.29 is 13.6 Å². The average Bonchev–Trinajstić information content (AvgIpc) is 2.96. The molecule has 1 amide bonds. The summed E-state index contributed by atoms with van der Waals surface area (Å²) in [6.45, 7) is 0. The molecule has 1 N–H and O–H groups in total. The highest BCUT2D eigenvalue weighted by atomic mass is 79.9. The molecule has 0 aromatic heterocycles. The number of carbonyl (C=O) groups is 1. The van der Waals surface area contributed by atoms with E-state index in [9.17, 15) is 13.6 Å². The molecule has 1 aliphatic rings. The third-order valence-corrected chi connectivity index (χ3v) is 2.80. The van der Waals surface area contributed by atoms with Gasteiger partial charge in [-0.05, 0) is 40.9 Å². The summed E-state index contributed by atoms with van der Waals surface area (Å²) in [5.41, 5.74) is -0.517.